The standard InChI is InChI=1S/C11H16FNO/c1-2-3-6-14-10-5-4-9(8-13)11(12)7-10/h4-5,7H,2-3,6,8,13H2,1H3. The van der Waals surface area contributed by atoms with E-state index in [1.54, 1.807) is 12.1 Å². The summed E-state index contributed by atoms with van der Waals surface area (Å²) < 4.78 is 18.5. The molecule has 0 aromatic heterocycles. The van der Waals surface area contributed by atoms with Gasteiger partial charge in [0.2, 0.25) is 0 Å². The van der Waals surface area contributed by atoms with Crippen LogP contribution in [0.1, 0.15) is 25.3 Å². The van der Waals surface area contributed by atoms with Gasteiger partial charge < -0.3 is 10.5 Å². The molecular weight excluding hydrogens is 181 g/mol. The Bertz CT molecular complexity index is 289. The Hall–Kier alpha value is -1.09. The molecule has 3 heteroatoms. The number of halogens is 1. The van der Waals surface area contributed by atoms with Crippen molar-refractivity contribution in [2.75, 3.05) is 6.61 Å². The van der Waals surface area contributed by atoms with Crippen LogP contribution in [0.2, 0.25) is 0 Å². The fraction of sp³-hybridized carbons (Fsp3) is 0.455. The van der Waals surface area contributed by atoms with Crippen molar-refractivity contribution in [1.82, 2.24) is 0 Å². The first kappa shape index (κ1) is 11.0. The van der Waals surface area contributed by atoms with Crippen LogP contribution in [0.25, 0.3) is 0 Å². The largest absolute Gasteiger partial charge is 0.493 e. The second-order valence-electron chi connectivity index (χ2n) is 3.16. The third-order valence-corrected chi connectivity index (χ3v) is 2.01. The van der Waals surface area contributed by atoms with Crippen molar-refractivity contribution < 1.29 is 9.13 Å². The molecule has 0 amide bonds. The zero-order valence-corrected chi connectivity index (χ0v) is 8.42. The van der Waals surface area contributed by atoms with E-state index in [0.29, 0.717) is 17.9 Å². The van der Waals surface area contributed by atoms with Crippen LogP contribution in [-0.2, 0) is 6.54 Å². The highest BCUT2D eigenvalue weighted by molar-refractivity contribution is 5.28. The Labute approximate surface area is 83.9 Å². The summed E-state index contributed by atoms with van der Waals surface area (Å²) in [6, 6.07) is 4.80. The molecule has 78 valence electrons. The van der Waals surface area contributed by atoms with Gasteiger partial charge in [-0.05, 0) is 12.5 Å². The first-order valence-electron chi connectivity index (χ1n) is 4.89. The van der Waals surface area contributed by atoms with Gasteiger partial charge in [0.15, 0.2) is 0 Å². The summed E-state index contributed by atoms with van der Waals surface area (Å²) >= 11 is 0. The van der Waals surface area contributed by atoms with Crippen molar-refractivity contribution in [3.05, 3.63) is 29.6 Å². The predicted octanol–water partition coefficient (Wildman–Crippen LogP) is 2.46. The van der Waals surface area contributed by atoms with Crippen LogP contribution in [0, 0.1) is 5.82 Å². The maximum absolute atomic E-state index is 13.2. The van der Waals surface area contributed by atoms with Gasteiger partial charge in [-0.25, -0.2) is 4.39 Å². The molecule has 0 fully saturated rings. The Kier molecular flexibility index (Phi) is 4.40. The SMILES string of the molecule is CCCCOc1ccc(CN)c(F)c1. The van der Waals surface area contributed by atoms with E-state index in [1.165, 1.54) is 6.07 Å². The lowest BCUT2D eigenvalue weighted by atomic mass is 10.2. The summed E-state index contributed by atoms with van der Waals surface area (Å²) in [5, 5.41) is 0. The number of rotatable bonds is 5. The third-order valence-electron chi connectivity index (χ3n) is 2.01. The van der Waals surface area contributed by atoms with Crippen molar-refractivity contribution >= 4 is 0 Å². The molecule has 1 aromatic carbocycles. The molecule has 0 spiro atoms. The molecule has 14 heavy (non-hydrogen) atoms. The number of benzene rings is 1. The smallest absolute Gasteiger partial charge is 0.131 e. The van der Waals surface area contributed by atoms with Gasteiger partial charge in [-0.2, -0.15) is 0 Å². The molecule has 0 unspecified atom stereocenters. The number of hydrogen-bond donors (Lipinski definition) is 1. The summed E-state index contributed by atoms with van der Waals surface area (Å²) in [5.74, 6) is 0.287. The Morgan fingerprint density at radius 3 is 2.79 bits per heavy atom. The summed E-state index contributed by atoms with van der Waals surface area (Å²) in [5.41, 5.74) is 5.86. The van der Waals surface area contributed by atoms with E-state index in [0.717, 1.165) is 12.8 Å². The summed E-state index contributed by atoms with van der Waals surface area (Å²) in [4.78, 5) is 0. The molecule has 1 rings (SSSR count). The zero-order chi connectivity index (χ0) is 10.4. The Morgan fingerprint density at radius 2 is 2.21 bits per heavy atom. The lowest BCUT2D eigenvalue weighted by Gasteiger charge is -2.06. The minimum absolute atomic E-state index is 0.223. The fourth-order valence-corrected chi connectivity index (χ4v) is 1.12. The van der Waals surface area contributed by atoms with E-state index >= 15 is 0 Å². The molecule has 0 aliphatic rings. The molecule has 2 N–H and O–H groups in total. The highest BCUT2D eigenvalue weighted by atomic mass is 19.1. The third kappa shape index (κ3) is 3.00. The van der Waals surface area contributed by atoms with E-state index in [9.17, 15) is 4.39 Å². The number of nitrogens with two attached hydrogens (primary N) is 1. The number of ether oxygens (including phenoxy) is 1. The van der Waals surface area contributed by atoms with Crippen LogP contribution in [0.3, 0.4) is 0 Å². The maximum atomic E-state index is 13.2. The highest BCUT2D eigenvalue weighted by Gasteiger charge is 2.01. The van der Waals surface area contributed by atoms with E-state index in [-0.39, 0.29) is 12.4 Å². The van der Waals surface area contributed by atoms with Crippen LogP contribution < -0.4 is 10.5 Å². The highest BCUT2D eigenvalue weighted by Crippen LogP contribution is 2.16. The molecule has 1 aromatic rings. The van der Waals surface area contributed by atoms with Gasteiger partial charge >= 0.3 is 0 Å². The molecule has 0 radical (unpaired) electrons. The van der Waals surface area contributed by atoms with Gasteiger partial charge in [0.25, 0.3) is 0 Å². The van der Waals surface area contributed by atoms with Gasteiger partial charge in [-0.15, -0.1) is 0 Å². The minimum Gasteiger partial charge on any atom is -0.493 e. The molecule has 0 bridgehead atoms. The Morgan fingerprint density at radius 1 is 1.43 bits per heavy atom. The van der Waals surface area contributed by atoms with Crippen LogP contribution in [-0.4, -0.2) is 6.61 Å². The van der Waals surface area contributed by atoms with Crippen molar-refractivity contribution in [2.24, 2.45) is 5.73 Å². The fourth-order valence-electron chi connectivity index (χ4n) is 1.12. The van der Waals surface area contributed by atoms with Crippen LogP contribution in [0.5, 0.6) is 5.75 Å². The molecule has 0 heterocycles. The monoisotopic (exact) mass is 197 g/mol. The first-order chi connectivity index (χ1) is 6.77. The average molecular weight is 197 g/mol. The van der Waals surface area contributed by atoms with Gasteiger partial charge in [0.05, 0.1) is 6.61 Å². The maximum Gasteiger partial charge on any atom is 0.131 e. The van der Waals surface area contributed by atoms with Crippen molar-refractivity contribution in [2.45, 2.75) is 26.3 Å². The van der Waals surface area contributed by atoms with Gasteiger partial charge in [-0.1, -0.05) is 19.4 Å². The topological polar surface area (TPSA) is 35.2 Å². The summed E-state index contributed by atoms with van der Waals surface area (Å²) in [6.07, 6.45) is 2.06. The van der Waals surface area contributed by atoms with Crippen LogP contribution >= 0.6 is 0 Å². The minimum atomic E-state index is -0.290. The molecule has 0 aliphatic heterocycles. The predicted molar refractivity (Wildman–Crippen MR) is 54.7 cm³/mol. The molecule has 0 atom stereocenters. The summed E-state index contributed by atoms with van der Waals surface area (Å²) in [7, 11) is 0. The normalized spacial score (nSPS) is 10.2. The van der Waals surface area contributed by atoms with Gasteiger partial charge in [0, 0.05) is 18.2 Å². The first-order valence-corrected chi connectivity index (χ1v) is 4.89. The lowest BCUT2D eigenvalue weighted by Crippen LogP contribution is -2.01. The second kappa shape index (κ2) is 5.60. The Balaban J connectivity index is 2.57. The van der Waals surface area contributed by atoms with Crippen molar-refractivity contribution in [3.63, 3.8) is 0 Å². The van der Waals surface area contributed by atoms with Crippen molar-refractivity contribution in [3.8, 4) is 5.75 Å². The molecule has 0 saturated carbocycles. The molecular formula is C11H16FNO. The second-order valence-corrected chi connectivity index (χ2v) is 3.16. The van der Waals surface area contributed by atoms with E-state index in [4.69, 9.17) is 10.5 Å². The quantitative estimate of drug-likeness (QED) is 0.736. The molecule has 0 saturated heterocycles. The number of unbranched alkanes of at least 4 members (excludes halogenated alkanes) is 1. The van der Waals surface area contributed by atoms with E-state index in [2.05, 4.69) is 6.92 Å². The number of hydrogen-bond acceptors (Lipinski definition) is 2. The van der Waals surface area contributed by atoms with Gasteiger partial charge in [0.1, 0.15) is 11.6 Å². The van der Waals surface area contributed by atoms with Crippen LogP contribution in [0.4, 0.5) is 4.39 Å². The van der Waals surface area contributed by atoms with E-state index < -0.39 is 0 Å². The van der Waals surface area contributed by atoms with Gasteiger partial charge in [-0.3, -0.25) is 0 Å². The zero-order valence-electron chi connectivity index (χ0n) is 8.42. The lowest BCUT2D eigenvalue weighted by molar-refractivity contribution is 0.307. The van der Waals surface area contributed by atoms with Crippen molar-refractivity contribution in [1.29, 1.82) is 0 Å². The van der Waals surface area contributed by atoms with Crippen LogP contribution in [0.15, 0.2) is 18.2 Å². The van der Waals surface area contributed by atoms with E-state index in [1.807, 2.05) is 0 Å². The summed E-state index contributed by atoms with van der Waals surface area (Å²) in [6.45, 7) is 2.94. The molecule has 0 aliphatic carbocycles. The molecule has 2 nitrogen and oxygen atoms in total. The average Bonchev–Trinajstić information content (AvgIpc) is 2.18.